The van der Waals surface area contributed by atoms with Gasteiger partial charge in [0.15, 0.2) is 5.43 Å². The van der Waals surface area contributed by atoms with Gasteiger partial charge in [0.2, 0.25) is 5.78 Å². The number of aromatic amines is 1. The summed E-state index contributed by atoms with van der Waals surface area (Å²) >= 11 is 1.35. The Morgan fingerprint density at radius 3 is 2.69 bits per heavy atom. The van der Waals surface area contributed by atoms with Gasteiger partial charge < -0.3 is 4.98 Å². The van der Waals surface area contributed by atoms with Crippen LogP contribution in [0.5, 0.6) is 0 Å². The van der Waals surface area contributed by atoms with Crippen LogP contribution in [0, 0.1) is 13.8 Å². The van der Waals surface area contributed by atoms with E-state index in [9.17, 15) is 9.59 Å². The fraction of sp³-hybridized carbons (Fsp3) is 0.167. The number of nitrogens with one attached hydrogen (secondary N) is 1. The number of pyridine rings is 1. The lowest BCUT2D eigenvalue weighted by molar-refractivity contribution is 0.104. The molecular weight excluding hydrogens is 222 g/mol. The highest BCUT2D eigenvalue weighted by molar-refractivity contribution is 7.12. The summed E-state index contributed by atoms with van der Waals surface area (Å²) in [5, 5.41) is 1.82. The largest absolute Gasteiger partial charge is 0.362 e. The summed E-state index contributed by atoms with van der Waals surface area (Å²) in [7, 11) is 0. The average Bonchev–Trinajstić information content (AvgIpc) is 2.67. The normalized spacial score (nSPS) is 10.4. The van der Waals surface area contributed by atoms with Crippen molar-refractivity contribution >= 4 is 17.1 Å². The number of rotatable bonds is 2. The molecule has 0 saturated heterocycles. The molecule has 0 atom stereocenters. The molecule has 0 aliphatic carbocycles. The minimum atomic E-state index is -0.216. The van der Waals surface area contributed by atoms with Crippen LogP contribution in [0.1, 0.15) is 26.6 Å². The predicted octanol–water partition coefficient (Wildman–Crippen LogP) is 2.28. The maximum absolute atomic E-state index is 12.1. The van der Waals surface area contributed by atoms with E-state index in [1.165, 1.54) is 17.4 Å². The van der Waals surface area contributed by atoms with Crippen molar-refractivity contribution in [2.75, 3.05) is 0 Å². The van der Waals surface area contributed by atoms with Crippen molar-refractivity contribution in [3.63, 3.8) is 0 Å². The van der Waals surface area contributed by atoms with Gasteiger partial charge in [-0.05, 0) is 25.3 Å². The molecule has 82 valence electrons. The molecule has 0 unspecified atom stereocenters. The summed E-state index contributed by atoms with van der Waals surface area (Å²) in [4.78, 5) is 27.4. The molecule has 0 aliphatic heterocycles. The highest BCUT2D eigenvalue weighted by Gasteiger charge is 2.16. The third-order valence-electron chi connectivity index (χ3n) is 2.33. The SMILES string of the molecule is Cc1cc(=O)c(C(=O)c2cccs2)c(C)[nH]1. The van der Waals surface area contributed by atoms with Crippen molar-refractivity contribution in [2.24, 2.45) is 0 Å². The van der Waals surface area contributed by atoms with Crippen molar-refractivity contribution < 1.29 is 4.79 Å². The van der Waals surface area contributed by atoms with E-state index >= 15 is 0 Å². The number of aryl methyl sites for hydroxylation is 2. The lowest BCUT2D eigenvalue weighted by atomic mass is 10.1. The standard InChI is InChI=1S/C12H11NO2S/c1-7-6-9(14)11(8(2)13-7)12(15)10-4-3-5-16-10/h3-6H,1-2H3,(H,13,14). The van der Waals surface area contributed by atoms with E-state index in [1.54, 1.807) is 26.0 Å². The van der Waals surface area contributed by atoms with Crippen LogP contribution in [-0.4, -0.2) is 10.8 Å². The molecule has 0 fully saturated rings. The van der Waals surface area contributed by atoms with E-state index in [0.717, 1.165) is 5.69 Å². The zero-order chi connectivity index (χ0) is 11.7. The number of H-pyrrole nitrogens is 1. The minimum absolute atomic E-state index is 0.200. The van der Waals surface area contributed by atoms with Gasteiger partial charge in [-0.15, -0.1) is 11.3 Å². The first kappa shape index (κ1) is 10.8. The molecule has 0 aromatic carbocycles. The number of hydrogen-bond acceptors (Lipinski definition) is 3. The first-order valence-corrected chi connectivity index (χ1v) is 5.76. The molecule has 0 bridgehead atoms. The Bertz CT molecular complexity index is 582. The lowest BCUT2D eigenvalue weighted by Crippen LogP contribution is -2.18. The van der Waals surface area contributed by atoms with Crippen molar-refractivity contribution in [3.05, 3.63) is 55.6 Å². The number of hydrogen-bond donors (Lipinski definition) is 1. The molecule has 0 radical (unpaired) electrons. The average molecular weight is 233 g/mol. The van der Waals surface area contributed by atoms with Gasteiger partial charge in [-0.25, -0.2) is 0 Å². The highest BCUT2D eigenvalue weighted by atomic mass is 32.1. The molecule has 2 aromatic heterocycles. The number of ketones is 1. The zero-order valence-corrected chi connectivity index (χ0v) is 9.85. The Morgan fingerprint density at radius 2 is 2.12 bits per heavy atom. The molecule has 0 aliphatic rings. The molecule has 16 heavy (non-hydrogen) atoms. The summed E-state index contributed by atoms with van der Waals surface area (Å²) in [5.74, 6) is -0.200. The first-order chi connectivity index (χ1) is 7.59. The van der Waals surface area contributed by atoms with Crippen molar-refractivity contribution in [1.82, 2.24) is 4.98 Å². The summed E-state index contributed by atoms with van der Waals surface area (Å²) in [6.45, 7) is 3.54. The molecule has 2 rings (SSSR count). The molecule has 2 heterocycles. The van der Waals surface area contributed by atoms with Crippen molar-refractivity contribution in [2.45, 2.75) is 13.8 Å². The highest BCUT2D eigenvalue weighted by Crippen LogP contribution is 2.14. The van der Waals surface area contributed by atoms with E-state index in [4.69, 9.17) is 0 Å². The smallest absolute Gasteiger partial charge is 0.208 e. The molecule has 2 aromatic rings. The van der Waals surface area contributed by atoms with Gasteiger partial charge in [0.05, 0.1) is 10.4 Å². The van der Waals surface area contributed by atoms with E-state index in [2.05, 4.69) is 4.98 Å². The Morgan fingerprint density at radius 1 is 1.38 bits per heavy atom. The number of carbonyl (C=O) groups excluding carboxylic acids is 1. The van der Waals surface area contributed by atoms with Gasteiger partial charge in [-0.1, -0.05) is 6.07 Å². The summed E-state index contributed by atoms with van der Waals surface area (Å²) < 4.78 is 0. The number of carbonyl (C=O) groups is 1. The topological polar surface area (TPSA) is 49.9 Å². The van der Waals surface area contributed by atoms with Crippen LogP contribution in [-0.2, 0) is 0 Å². The van der Waals surface area contributed by atoms with Crippen LogP contribution in [0.3, 0.4) is 0 Å². The molecule has 0 spiro atoms. The Kier molecular flexibility index (Phi) is 2.75. The first-order valence-electron chi connectivity index (χ1n) is 4.88. The third-order valence-corrected chi connectivity index (χ3v) is 3.19. The van der Waals surface area contributed by atoms with Crippen molar-refractivity contribution in [1.29, 1.82) is 0 Å². The molecular formula is C12H11NO2S. The maximum atomic E-state index is 12.1. The van der Waals surface area contributed by atoms with Gasteiger partial charge in [0, 0.05) is 17.5 Å². The maximum Gasteiger partial charge on any atom is 0.208 e. The Labute approximate surface area is 96.8 Å². The Balaban J connectivity index is 2.58. The third kappa shape index (κ3) is 1.84. The van der Waals surface area contributed by atoms with Gasteiger partial charge >= 0.3 is 0 Å². The quantitative estimate of drug-likeness (QED) is 0.809. The second-order valence-corrected chi connectivity index (χ2v) is 4.57. The van der Waals surface area contributed by atoms with Crippen LogP contribution in [0.15, 0.2) is 28.4 Å². The van der Waals surface area contributed by atoms with Crippen LogP contribution < -0.4 is 5.43 Å². The predicted molar refractivity (Wildman–Crippen MR) is 64.3 cm³/mol. The van der Waals surface area contributed by atoms with Crippen LogP contribution >= 0.6 is 11.3 Å². The molecule has 0 amide bonds. The van der Waals surface area contributed by atoms with Gasteiger partial charge in [-0.3, -0.25) is 9.59 Å². The van der Waals surface area contributed by atoms with E-state index in [1.807, 2.05) is 5.38 Å². The van der Waals surface area contributed by atoms with Crippen LogP contribution in [0.25, 0.3) is 0 Å². The van der Waals surface area contributed by atoms with E-state index in [-0.39, 0.29) is 16.8 Å². The second kappa shape index (κ2) is 4.06. The fourth-order valence-corrected chi connectivity index (χ4v) is 2.33. The van der Waals surface area contributed by atoms with Crippen LogP contribution in [0.2, 0.25) is 0 Å². The zero-order valence-electron chi connectivity index (χ0n) is 9.03. The van der Waals surface area contributed by atoms with Crippen molar-refractivity contribution in [3.8, 4) is 0 Å². The fourth-order valence-electron chi connectivity index (χ4n) is 1.66. The van der Waals surface area contributed by atoms with E-state index in [0.29, 0.717) is 10.6 Å². The number of thiophene rings is 1. The Hall–Kier alpha value is -1.68. The summed E-state index contributed by atoms with van der Waals surface area (Å²) in [6.07, 6.45) is 0. The molecule has 3 nitrogen and oxygen atoms in total. The van der Waals surface area contributed by atoms with Gasteiger partial charge in [0.25, 0.3) is 0 Å². The second-order valence-electron chi connectivity index (χ2n) is 3.62. The molecule has 4 heteroatoms. The molecule has 1 N–H and O–H groups in total. The van der Waals surface area contributed by atoms with Gasteiger partial charge in [-0.2, -0.15) is 0 Å². The summed E-state index contributed by atoms with van der Waals surface area (Å²) in [6, 6.07) is 4.98. The monoisotopic (exact) mass is 233 g/mol. The lowest BCUT2D eigenvalue weighted by Gasteiger charge is -2.03. The van der Waals surface area contributed by atoms with Crippen LogP contribution in [0.4, 0.5) is 0 Å². The van der Waals surface area contributed by atoms with E-state index < -0.39 is 0 Å². The van der Waals surface area contributed by atoms with Gasteiger partial charge in [0.1, 0.15) is 0 Å². The number of aromatic nitrogens is 1. The molecule has 0 saturated carbocycles. The summed E-state index contributed by atoms with van der Waals surface area (Å²) in [5.41, 5.74) is 1.42. The minimum Gasteiger partial charge on any atom is -0.362 e.